The van der Waals surface area contributed by atoms with Gasteiger partial charge in [0.05, 0.1) is 18.7 Å². The second-order valence-corrected chi connectivity index (χ2v) is 8.47. The summed E-state index contributed by atoms with van der Waals surface area (Å²) in [4.78, 5) is 22.9. The summed E-state index contributed by atoms with van der Waals surface area (Å²) in [6.07, 6.45) is 2.24. The van der Waals surface area contributed by atoms with Crippen LogP contribution in [-0.4, -0.2) is 39.1 Å². The van der Waals surface area contributed by atoms with Crippen LogP contribution in [0.4, 0.5) is 5.69 Å². The van der Waals surface area contributed by atoms with Crippen molar-refractivity contribution in [1.82, 2.24) is 4.72 Å². The zero-order chi connectivity index (χ0) is 20.5. The molecule has 2 N–H and O–H groups in total. The fourth-order valence-electron chi connectivity index (χ4n) is 3.27. The number of amides is 1. The number of phenolic OH excluding ortho intramolecular Hbond substituents is 1. The number of carbonyl (C=O) groups excluding carboxylic acids is 2. The molecule has 8 nitrogen and oxygen atoms in total. The molecule has 2 aromatic rings. The number of hydrogen-bond donors (Lipinski definition) is 2. The zero-order valence-corrected chi connectivity index (χ0v) is 16.5. The SMILES string of the molecule is COC(=O)[C@@H](C)CCCc1ccc2cc(O)c(N3CC(=O)NS3(=O)=O)cc2c1. The Morgan fingerprint density at radius 1 is 1.29 bits per heavy atom. The number of anilines is 1. The van der Waals surface area contributed by atoms with Crippen molar-refractivity contribution in [3.8, 4) is 5.75 Å². The van der Waals surface area contributed by atoms with Gasteiger partial charge >= 0.3 is 16.2 Å². The lowest BCUT2D eigenvalue weighted by Crippen LogP contribution is -2.29. The largest absolute Gasteiger partial charge is 0.506 e. The Hall–Kier alpha value is -2.81. The van der Waals surface area contributed by atoms with E-state index in [0.717, 1.165) is 33.5 Å². The lowest BCUT2D eigenvalue weighted by atomic mass is 9.99. The minimum absolute atomic E-state index is 0.0577. The van der Waals surface area contributed by atoms with E-state index in [0.29, 0.717) is 6.42 Å². The predicted octanol–water partition coefficient (Wildman–Crippen LogP) is 1.86. The summed E-state index contributed by atoms with van der Waals surface area (Å²) in [5.41, 5.74) is 1.09. The second kappa shape index (κ2) is 7.67. The Labute approximate surface area is 163 Å². The summed E-state index contributed by atoms with van der Waals surface area (Å²) in [5, 5.41) is 11.7. The summed E-state index contributed by atoms with van der Waals surface area (Å²) in [5.74, 6) is -1.26. The van der Waals surface area contributed by atoms with Crippen molar-refractivity contribution in [3.63, 3.8) is 0 Å². The highest BCUT2D eigenvalue weighted by Crippen LogP contribution is 2.35. The van der Waals surface area contributed by atoms with Gasteiger partial charge in [-0.2, -0.15) is 8.42 Å². The summed E-state index contributed by atoms with van der Waals surface area (Å²) in [6, 6.07) is 8.73. The van der Waals surface area contributed by atoms with Gasteiger partial charge in [-0.3, -0.25) is 9.59 Å². The van der Waals surface area contributed by atoms with Crippen LogP contribution in [0.15, 0.2) is 30.3 Å². The minimum Gasteiger partial charge on any atom is -0.506 e. The quantitative estimate of drug-likeness (QED) is 0.708. The Morgan fingerprint density at radius 2 is 2.04 bits per heavy atom. The number of ether oxygens (including phenoxy) is 1. The van der Waals surface area contributed by atoms with Crippen LogP contribution in [0.3, 0.4) is 0 Å². The summed E-state index contributed by atoms with van der Waals surface area (Å²) < 4.78 is 31.6. The van der Waals surface area contributed by atoms with E-state index in [4.69, 9.17) is 4.74 Å². The van der Waals surface area contributed by atoms with Crippen molar-refractivity contribution in [1.29, 1.82) is 0 Å². The molecule has 1 saturated heterocycles. The standard InChI is InChI=1S/C19H22N2O6S/c1-12(19(24)27-2)4-3-5-13-6-7-14-10-17(22)16(9-15(14)8-13)21-11-18(23)20-28(21,25)26/h6-10,12,22H,3-5,11H2,1-2H3,(H,20,23)/t12-/m0/s1. The minimum atomic E-state index is -4.00. The molecule has 1 heterocycles. The molecule has 28 heavy (non-hydrogen) atoms. The number of carbonyl (C=O) groups is 2. The fraction of sp³-hybridized carbons (Fsp3) is 0.368. The van der Waals surface area contributed by atoms with Gasteiger partial charge in [0.25, 0.3) is 5.91 Å². The maximum absolute atomic E-state index is 12.1. The molecule has 1 fully saturated rings. The number of phenols is 1. The molecule has 1 amide bonds. The number of fused-ring (bicyclic) bond motifs is 1. The van der Waals surface area contributed by atoms with Gasteiger partial charge in [0.15, 0.2) is 0 Å². The molecule has 0 aliphatic carbocycles. The van der Waals surface area contributed by atoms with Gasteiger partial charge < -0.3 is 9.84 Å². The number of aryl methyl sites for hydroxylation is 1. The molecule has 150 valence electrons. The molecule has 1 aliphatic heterocycles. The molecule has 1 atom stereocenters. The highest BCUT2D eigenvalue weighted by Gasteiger charge is 2.35. The molecule has 0 unspecified atom stereocenters. The van der Waals surface area contributed by atoms with Crippen LogP contribution in [-0.2, 0) is 31.0 Å². The number of nitrogens with zero attached hydrogens (tertiary/aromatic N) is 1. The molecule has 0 radical (unpaired) electrons. The van der Waals surface area contributed by atoms with Crippen molar-refractivity contribution in [2.45, 2.75) is 26.2 Å². The maximum Gasteiger partial charge on any atom is 0.326 e. The van der Waals surface area contributed by atoms with E-state index < -0.39 is 16.1 Å². The van der Waals surface area contributed by atoms with Crippen LogP contribution in [0.1, 0.15) is 25.3 Å². The summed E-state index contributed by atoms with van der Waals surface area (Å²) >= 11 is 0. The Morgan fingerprint density at radius 3 is 2.68 bits per heavy atom. The molecule has 0 aromatic heterocycles. The zero-order valence-electron chi connectivity index (χ0n) is 15.6. The molecular formula is C19H22N2O6S. The van der Waals surface area contributed by atoms with E-state index in [1.807, 2.05) is 29.8 Å². The van der Waals surface area contributed by atoms with Crippen LogP contribution in [0.25, 0.3) is 10.8 Å². The van der Waals surface area contributed by atoms with Crippen LogP contribution in [0, 0.1) is 5.92 Å². The van der Waals surface area contributed by atoms with Crippen molar-refractivity contribution in [2.75, 3.05) is 18.0 Å². The van der Waals surface area contributed by atoms with E-state index in [9.17, 15) is 23.1 Å². The number of rotatable bonds is 6. The van der Waals surface area contributed by atoms with Gasteiger partial charge in [0.1, 0.15) is 12.3 Å². The van der Waals surface area contributed by atoms with Gasteiger partial charge in [-0.25, -0.2) is 9.03 Å². The first-order valence-corrected chi connectivity index (χ1v) is 10.3. The first-order chi connectivity index (χ1) is 13.2. The fourth-order valence-corrected chi connectivity index (χ4v) is 4.43. The molecular weight excluding hydrogens is 384 g/mol. The topological polar surface area (TPSA) is 113 Å². The van der Waals surface area contributed by atoms with E-state index >= 15 is 0 Å². The van der Waals surface area contributed by atoms with Gasteiger partial charge in [-0.1, -0.05) is 25.1 Å². The second-order valence-electron chi connectivity index (χ2n) is 6.88. The van der Waals surface area contributed by atoms with E-state index in [-0.39, 0.29) is 29.9 Å². The van der Waals surface area contributed by atoms with E-state index in [1.54, 1.807) is 6.07 Å². The molecule has 1 aliphatic rings. The highest BCUT2D eigenvalue weighted by molar-refractivity contribution is 7.92. The normalized spacial score (nSPS) is 16.8. The van der Waals surface area contributed by atoms with Gasteiger partial charge in [-0.05, 0) is 47.7 Å². The van der Waals surface area contributed by atoms with Crippen molar-refractivity contribution < 1.29 is 27.9 Å². The third-order valence-electron chi connectivity index (χ3n) is 4.79. The Bertz CT molecular complexity index is 1030. The van der Waals surface area contributed by atoms with Crippen molar-refractivity contribution in [3.05, 3.63) is 35.9 Å². The summed E-state index contributed by atoms with van der Waals surface area (Å²) in [6.45, 7) is 1.46. The van der Waals surface area contributed by atoms with Gasteiger partial charge in [0, 0.05) is 0 Å². The van der Waals surface area contributed by atoms with E-state index in [1.165, 1.54) is 13.2 Å². The lowest BCUT2D eigenvalue weighted by Gasteiger charge is -2.17. The Kier molecular flexibility index (Phi) is 5.46. The molecule has 0 saturated carbocycles. The average Bonchev–Trinajstić information content (AvgIpc) is 2.92. The van der Waals surface area contributed by atoms with Crippen LogP contribution >= 0.6 is 0 Å². The van der Waals surface area contributed by atoms with Crippen LogP contribution < -0.4 is 9.03 Å². The number of benzene rings is 2. The smallest absolute Gasteiger partial charge is 0.326 e. The van der Waals surface area contributed by atoms with Crippen molar-refractivity contribution in [2.24, 2.45) is 5.92 Å². The number of esters is 1. The molecule has 2 aromatic carbocycles. The number of methoxy groups -OCH3 is 1. The maximum atomic E-state index is 12.1. The number of hydrogen-bond acceptors (Lipinski definition) is 6. The van der Waals surface area contributed by atoms with Crippen LogP contribution in [0.5, 0.6) is 5.75 Å². The predicted molar refractivity (Wildman–Crippen MR) is 104 cm³/mol. The summed E-state index contributed by atoms with van der Waals surface area (Å²) in [7, 11) is -2.62. The van der Waals surface area contributed by atoms with Gasteiger partial charge in [0.2, 0.25) is 0 Å². The molecule has 0 bridgehead atoms. The van der Waals surface area contributed by atoms with Gasteiger partial charge in [-0.15, -0.1) is 0 Å². The average molecular weight is 406 g/mol. The monoisotopic (exact) mass is 406 g/mol. The highest BCUT2D eigenvalue weighted by atomic mass is 32.2. The first-order valence-electron chi connectivity index (χ1n) is 8.88. The van der Waals surface area contributed by atoms with E-state index in [2.05, 4.69) is 0 Å². The lowest BCUT2D eigenvalue weighted by molar-refractivity contribution is -0.145. The molecule has 9 heteroatoms. The first kappa shape index (κ1) is 19.9. The Balaban J connectivity index is 1.82. The molecule has 0 spiro atoms. The van der Waals surface area contributed by atoms with Crippen molar-refractivity contribution >= 4 is 38.5 Å². The number of aromatic hydroxyl groups is 1. The molecule has 3 rings (SSSR count). The third-order valence-corrected chi connectivity index (χ3v) is 6.18. The number of nitrogens with one attached hydrogen (secondary N) is 1. The van der Waals surface area contributed by atoms with Crippen LogP contribution in [0.2, 0.25) is 0 Å². The third kappa shape index (κ3) is 4.04.